The first-order chi connectivity index (χ1) is 10.6. The third-order valence-electron chi connectivity index (χ3n) is 5.26. The number of carbonyl (C=O) groups excluding carboxylic acids is 1. The average Bonchev–Trinajstić information content (AvgIpc) is 3.10. The summed E-state index contributed by atoms with van der Waals surface area (Å²) in [6.07, 6.45) is 4.86. The molecule has 6 nitrogen and oxygen atoms in total. The zero-order valence-corrected chi connectivity index (χ0v) is 13.4. The maximum atomic E-state index is 12.3. The molecule has 3 saturated heterocycles. The van der Waals surface area contributed by atoms with Crippen molar-refractivity contribution in [2.24, 2.45) is 5.92 Å². The van der Waals surface area contributed by atoms with Gasteiger partial charge in [-0.3, -0.25) is 4.79 Å². The highest BCUT2D eigenvalue weighted by Crippen LogP contribution is 2.55. The minimum atomic E-state index is -1.04. The van der Waals surface area contributed by atoms with Gasteiger partial charge < -0.3 is 24.1 Å². The van der Waals surface area contributed by atoms with Crippen LogP contribution in [0.25, 0.3) is 0 Å². The van der Waals surface area contributed by atoms with Crippen molar-refractivity contribution in [1.29, 1.82) is 0 Å². The fourth-order valence-electron chi connectivity index (χ4n) is 4.12. The van der Waals surface area contributed by atoms with Crippen LogP contribution < -0.4 is 0 Å². The second-order valence-electron chi connectivity index (χ2n) is 6.59. The smallest absolute Gasteiger partial charge is 0.317 e. The molecule has 1 N–H and O–H groups in total. The molecule has 0 bridgehead atoms. The Balaban J connectivity index is 1.75. The molecule has 3 heterocycles. The highest BCUT2D eigenvalue weighted by atomic mass is 16.7. The maximum Gasteiger partial charge on any atom is 0.317 e. The Hall–Kier alpha value is -0.690. The molecule has 3 fully saturated rings. The van der Waals surface area contributed by atoms with Gasteiger partial charge in [0, 0.05) is 13.5 Å². The zero-order chi connectivity index (χ0) is 15.8. The van der Waals surface area contributed by atoms with Gasteiger partial charge >= 0.3 is 5.97 Å². The standard InChI is InChI=1S/C16H26O6/c1-3-4-5-6-7-8-16(19-2)12-14(18)20-10-15(12)13(22-16)11(17)9-21-15/h11-13,17H,3-10H2,1-2H3/t11-,12+,13+,15+,16-/m1/s1. The second-order valence-corrected chi connectivity index (χ2v) is 6.59. The second kappa shape index (κ2) is 6.07. The number of ether oxygens (including phenoxy) is 4. The third-order valence-corrected chi connectivity index (χ3v) is 5.26. The lowest BCUT2D eigenvalue weighted by Gasteiger charge is -2.32. The van der Waals surface area contributed by atoms with Gasteiger partial charge in [0.1, 0.15) is 30.3 Å². The lowest BCUT2D eigenvalue weighted by atomic mass is 9.81. The van der Waals surface area contributed by atoms with E-state index in [2.05, 4.69) is 6.92 Å². The Morgan fingerprint density at radius 3 is 2.82 bits per heavy atom. The van der Waals surface area contributed by atoms with E-state index in [9.17, 15) is 9.90 Å². The fourth-order valence-corrected chi connectivity index (χ4v) is 4.12. The van der Waals surface area contributed by atoms with Crippen molar-refractivity contribution in [2.45, 2.75) is 69.0 Å². The van der Waals surface area contributed by atoms with Crippen molar-refractivity contribution in [2.75, 3.05) is 20.3 Å². The number of methoxy groups -OCH3 is 1. The molecular weight excluding hydrogens is 288 g/mol. The van der Waals surface area contributed by atoms with Gasteiger partial charge in [-0.25, -0.2) is 0 Å². The number of unbranched alkanes of at least 4 members (excludes halogenated alkanes) is 4. The van der Waals surface area contributed by atoms with Crippen LogP contribution in [-0.2, 0) is 23.7 Å². The van der Waals surface area contributed by atoms with Crippen LogP contribution in [0, 0.1) is 5.92 Å². The van der Waals surface area contributed by atoms with E-state index in [1.807, 2.05) is 0 Å². The summed E-state index contributed by atoms with van der Waals surface area (Å²) in [7, 11) is 1.55. The van der Waals surface area contributed by atoms with Crippen molar-refractivity contribution in [3.05, 3.63) is 0 Å². The average molecular weight is 314 g/mol. The Bertz CT molecular complexity index is 427. The van der Waals surface area contributed by atoms with Gasteiger partial charge in [0.2, 0.25) is 0 Å². The Morgan fingerprint density at radius 2 is 2.09 bits per heavy atom. The van der Waals surface area contributed by atoms with Crippen LogP contribution >= 0.6 is 0 Å². The molecule has 0 unspecified atom stereocenters. The van der Waals surface area contributed by atoms with E-state index in [4.69, 9.17) is 18.9 Å². The van der Waals surface area contributed by atoms with Crippen LogP contribution in [0.4, 0.5) is 0 Å². The molecule has 3 aliphatic heterocycles. The molecule has 3 aliphatic rings. The van der Waals surface area contributed by atoms with E-state index < -0.39 is 29.5 Å². The molecule has 0 aliphatic carbocycles. The SMILES string of the molecule is CCCCCCC[C@@]1(OC)O[C@H]2[C@H](O)CO[C@]23COC(=O)[C@H]13. The molecule has 0 aromatic carbocycles. The van der Waals surface area contributed by atoms with Gasteiger partial charge in [-0.15, -0.1) is 0 Å². The molecule has 22 heavy (non-hydrogen) atoms. The maximum absolute atomic E-state index is 12.3. The number of esters is 1. The van der Waals surface area contributed by atoms with E-state index in [1.54, 1.807) is 7.11 Å². The fraction of sp³-hybridized carbons (Fsp3) is 0.938. The highest BCUT2D eigenvalue weighted by molar-refractivity contribution is 5.78. The summed E-state index contributed by atoms with van der Waals surface area (Å²) >= 11 is 0. The Kier molecular flexibility index (Phi) is 4.47. The molecule has 1 spiro atoms. The van der Waals surface area contributed by atoms with Crippen molar-refractivity contribution in [1.82, 2.24) is 0 Å². The van der Waals surface area contributed by atoms with Gasteiger partial charge in [0.05, 0.1) is 6.61 Å². The normalized spacial score (nSPS) is 43.2. The van der Waals surface area contributed by atoms with Crippen LogP contribution in [0.3, 0.4) is 0 Å². The summed E-state index contributed by atoms with van der Waals surface area (Å²) in [5, 5.41) is 10.1. The minimum absolute atomic E-state index is 0.138. The van der Waals surface area contributed by atoms with Crippen LogP contribution in [0.1, 0.15) is 45.4 Å². The van der Waals surface area contributed by atoms with Crippen LogP contribution in [-0.4, -0.2) is 55.0 Å². The van der Waals surface area contributed by atoms with E-state index >= 15 is 0 Å². The number of hydrogen-bond donors (Lipinski definition) is 1. The molecule has 0 aromatic heterocycles. The molecule has 0 aromatic rings. The predicted molar refractivity (Wildman–Crippen MR) is 77.1 cm³/mol. The van der Waals surface area contributed by atoms with Gasteiger partial charge in [0.25, 0.3) is 0 Å². The summed E-state index contributed by atoms with van der Waals surface area (Å²) in [4.78, 5) is 12.3. The first-order valence-electron chi connectivity index (χ1n) is 8.31. The van der Waals surface area contributed by atoms with Crippen LogP contribution in [0.2, 0.25) is 0 Å². The Labute approximate surface area is 131 Å². The van der Waals surface area contributed by atoms with Crippen molar-refractivity contribution in [3.8, 4) is 0 Å². The van der Waals surface area contributed by atoms with E-state index in [1.165, 1.54) is 19.3 Å². The van der Waals surface area contributed by atoms with E-state index in [0.717, 1.165) is 12.8 Å². The lowest BCUT2D eigenvalue weighted by molar-refractivity contribution is -0.247. The summed E-state index contributed by atoms with van der Waals surface area (Å²) in [6, 6.07) is 0. The summed E-state index contributed by atoms with van der Waals surface area (Å²) in [5.74, 6) is -1.99. The van der Waals surface area contributed by atoms with E-state index in [0.29, 0.717) is 6.42 Å². The number of aliphatic hydroxyl groups excluding tert-OH is 1. The molecule has 5 atom stereocenters. The minimum Gasteiger partial charge on any atom is -0.462 e. The molecular formula is C16H26O6. The number of hydrogen-bond acceptors (Lipinski definition) is 6. The third kappa shape index (κ3) is 2.28. The number of carbonyl (C=O) groups is 1. The molecule has 0 amide bonds. The summed E-state index contributed by atoms with van der Waals surface area (Å²) < 4.78 is 22.7. The quantitative estimate of drug-likeness (QED) is 0.565. The summed E-state index contributed by atoms with van der Waals surface area (Å²) in [5.41, 5.74) is -0.879. The molecule has 126 valence electrons. The van der Waals surface area contributed by atoms with Gasteiger partial charge in [-0.05, 0) is 6.42 Å². The molecule has 0 saturated carbocycles. The number of rotatable bonds is 7. The zero-order valence-electron chi connectivity index (χ0n) is 13.4. The van der Waals surface area contributed by atoms with Crippen molar-refractivity contribution < 1.29 is 28.8 Å². The number of aliphatic hydroxyl groups is 1. The van der Waals surface area contributed by atoms with Crippen LogP contribution in [0.5, 0.6) is 0 Å². The first kappa shape index (κ1) is 16.2. The topological polar surface area (TPSA) is 74.2 Å². The monoisotopic (exact) mass is 314 g/mol. The molecule has 0 radical (unpaired) electrons. The van der Waals surface area contributed by atoms with Crippen molar-refractivity contribution in [3.63, 3.8) is 0 Å². The van der Waals surface area contributed by atoms with Crippen molar-refractivity contribution >= 4 is 5.97 Å². The van der Waals surface area contributed by atoms with Gasteiger partial charge in [0.15, 0.2) is 5.79 Å². The molecule has 3 rings (SSSR count). The molecule has 6 heteroatoms. The largest absolute Gasteiger partial charge is 0.462 e. The van der Waals surface area contributed by atoms with E-state index in [-0.39, 0.29) is 19.2 Å². The highest BCUT2D eigenvalue weighted by Gasteiger charge is 2.75. The van der Waals surface area contributed by atoms with Crippen LogP contribution in [0.15, 0.2) is 0 Å². The first-order valence-corrected chi connectivity index (χ1v) is 8.31. The lowest BCUT2D eigenvalue weighted by Crippen LogP contribution is -2.48. The number of cyclic esters (lactones) is 1. The Morgan fingerprint density at radius 1 is 1.32 bits per heavy atom. The summed E-state index contributed by atoms with van der Waals surface area (Å²) in [6.45, 7) is 2.49. The predicted octanol–water partition coefficient (Wildman–Crippen LogP) is 1.39. The van der Waals surface area contributed by atoms with Gasteiger partial charge in [-0.1, -0.05) is 32.6 Å². The van der Waals surface area contributed by atoms with Gasteiger partial charge in [-0.2, -0.15) is 0 Å².